The number of benzene rings is 1. The molecule has 0 amide bonds. The quantitative estimate of drug-likeness (QED) is 0.873. The number of carbonyl (C=O) groups is 1. The van der Waals surface area contributed by atoms with Gasteiger partial charge in [0.25, 0.3) is 0 Å². The van der Waals surface area contributed by atoms with Crippen LogP contribution in [0, 0.1) is 5.92 Å². The predicted molar refractivity (Wildman–Crippen MR) is 76.1 cm³/mol. The number of hydrogen-bond acceptors (Lipinski definition) is 3. The van der Waals surface area contributed by atoms with E-state index in [1.165, 1.54) is 0 Å². The predicted octanol–water partition coefficient (Wildman–Crippen LogP) is 2.86. The van der Waals surface area contributed by atoms with E-state index in [1.54, 1.807) is 0 Å². The van der Waals surface area contributed by atoms with Crippen molar-refractivity contribution >= 4 is 27.9 Å². The molecule has 1 aromatic carbocycles. The largest absolute Gasteiger partial charge is 0.393 e. The van der Waals surface area contributed by atoms with Gasteiger partial charge in [0.05, 0.1) is 6.10 Å². The van der Waals surface area contributed by atoms with Crippen LogP contribution in [0.5, 0.6) is 0 Å². The molecule has 98 valence electrons. The van der Waals surface area contributed by atoms with Crippen LogP contribution >= 0.6 is 15.9 Å². The van der Waals surface area contributed by atoms with Gasteiger partial charge in [-0.1, -0.05) is 15.9 Å². The van der Waals surface area contributed by atoms with E-state index in [2.05, 4.69) is 20.8 Å². The molecule has 0 spiro atoms. The Morgan fingerprint density at radius 2 is 2.11 bits per heavy atom. The number of aliphatic hydroxyl groups excluding tert-OH is 1. The third-order valence-corrected chi connectivity index (χ3v) is 4.18. The maximum atomic E-state index is 11.1. The van der Waals surface area contributed by atoms with Crippen LogP contribution in [0.15, 0.2) is 22.7 Å². The average molecular weight is 312 g/mol. The van der Waals surface area contributed by atoms with Gasteiger partial charge in [-0.2, -0.15) is 0 Å². The van der Waals surface area contributed by atoms with Crippen molar-refractivity contribution in [2.24, 2.45) is 5.92 Å². The Labute approximate surface area is 116 Å². The van der Waals surface area contributed by atoms with Crippen LogP contribution in [0.2, 0.25) is 0 Å². The van der Waals surface area contributed by atoms with E-state index in [4.69, 9.17) is 0 Å². The van der Waals surface area contributed by atoms with Crippen molar-refractivity contribution in [3.63, 3.8) is 0 Å². The second kappa shape index (κ2) is 5.85. The van der Waals surface area contributed by atoms with Crippen LogP contribution in [0.3, 0.4) is 0 Å². The Balaban J connectivity index is 2.14. The number of nitrogens with zero attached hydrogens (tertiary/aromatic N) is 1. The van der Waals surface area contributed by atoms with Crippen molar-refractivity contribution in [2.75, 3.05) is 18.0 Å². The monoisotopic (exact) mass is 311 g/mol. The van der Waals surface area contributed by atoms with Crippen molar-refractivity contribution < 1.29 is 9.90 Å². The number of piperidine rings is 1. The molecule has 1 unspecified atom stereocenters. The molecule has 0 radical (unpaired) electrons. The number of rotatable bonds is 3. The molecule has 0 saturated carbocycles. The van der Waals surface area contributed by atoms with Crippen molar-refractivity contribution in [2.45, 2.75) is 25.9 Å². The highest BCUT2D eigenvalue weighted by Crippen LogP contribution is 2.29. The van der Waals surface area contributed by atoms with Gasteiger partial charge >= 0.3 is 0 Å². The zero-order chi connectivity index (χ0) is 13.1. The molecule has 1 aliphatic rings. The Morgan fingerprint density at radius 1 is 1.44 bits per heavy atom. The fraction of sp³-hybridized carbons (Fsp3) is 0.500. The summed E-state index contributed by atoms with van der Waals surface area (Å²) in [6, 6.07) is 5.72. The van der Waals surface area contributed by atoms with Gasteiger partial charge in [-0.25, -0.2) is 0 Å². The number of aliphatic hydroxyl groups is 1. The Morgan fingerprint density at radius 3 is 2.67 bits per heavy atom. The normalized spacial score (nSPS) is 18.7. The van der Waals surface area contributed by atoms with Gasteiger partial charge in [0.15, 0.2) is 6.29 Å². The van der Waals surface area contributed by atoms with Gasteiger partial charge in [-0.15, -0.1) is 0 Å². The lowest BCUT2D eigenvalue weighted by molar-refractivity contribution is 0.109. The lowest BCUT2D eigenvalue weighted by Gasteiger charge is -2.35. The van der Waals surface area contributed by atoms with E-state index in [9.17, 15) is 9.90 Å². The minimum atomic E-state index is -0.236. The van der Waals surface area contributed by atoms with E-state index in [0.717, 1.165) is 47.9 Å². The van der Waals surface area contributed by atoms with Crippen molar-refractivity contribution in [3.05, 3.63) is 28.2 Å². The summed E-state index contributed by atoms with van der Waals surface area (Å²) in [5, 5.41) is 9.60. The number of anilines is 1. The third-order valence-electron chi connectivity index (χ3n) is 3.68. The number of halogens is 1. The Kier molecular flexibility index (Phi) is 4.40. The number of carbonyl (C=O) groups excluding carboxylic acids is 1. The van der Waals surface area contributed by atoms with Gasteiger partial charge in [0.2, 0.25) is 0 Å². The van der Waals surface area contributed by atoms with Gasteiger partial charge < -0.3 is 10.0 Å². The molecule has 1 heterocycles. The molecular formula is C14H18BrNO2. The maximum absolute atomic E-state index is 11.1. The fourth-order valence-electron chi connectivity index (χ4n) is 2.51. The first-order valence-electron chi connectivity index (χ1n) is 6.29. The van der Waals surface area contributed by atoms with Crippen LogP contribution in [0.25, 0.3) is 0 Å². The molecule has 0 bridgehead atoms. The van der Waals surface area contributed by atoms with E-state index >= 15 is 0 Å². The van der Waals surface area contributed by atoms with E-state index in [-0.39, 0.29) is 6.10 Å². The highest BCUT2D eigenvalue weighted by Gasteiger charge is 2.23. The zero-order valence-corrected chi connectivity index (χ0v) is 12.1. The summed E-state index contributed by atoms with van der Waals surface area (Å²) in [6.45, 7) is 3.65. The first-order chi connectivity index (χ1) is 8.61. The minimum Gasteiger partial charge on any atom is -0.393 e. The first-order valence-corrected chi connectivity index (χ1v) is 7.09. The summed E-state index contributed by atoms with van der Waals surface area (Å²) in [5.41, 5.74) is 1.72. The van der Waals surface area contributed by atoms with Gasteiger partial charge in [0, 0.05) is 28.8 Å². The second-order valence-electron chi connectivity index (χ2n) is 4.89. The molecule has 1 N–H and O–H groups in total. The van der Waals surface area contributed by atoms with Crippen molar-refractivity contribution in [1.29, 1.82) is 0 Å². The summed E-state index contributed by atoms with van der Waals surface area (Å²) in [7, 11) is 0. The summed E-state index contributed by atoms with van der Waals surface area (Å²) in [5.74, 6) is 0.382. The van der Waals surface area contributed by atoms with E-state index in [0.29, 0.717) is 5.92 Å². The molecule has 0 aromatic heterocycles. The van der Waals surface area contributed by atoms with Crippen LogP contribution in [0.1, 0.15) is 30.1 Å². The molecule has 1 atom stereocenters. The summed E-state index contributed by atoms with van der Waals surface area (Å²) < 4.78 is 0.987. The van der Waals surface area contributed by atoms with Gasteiger partial charge in [0.1, 0.15) is 0 Å². The topological polar surface area (TPSA) is 40.5 Å². The molecule has 2 rings (SSSR count). The molecule has 1 saturated heterocycles. The number of hydrogen-bond donors (Lipinski definition) is 1. The van der Waals surface area contributed by atoms with E-state index in [1.807, 2.05) is 25.1 Å². The van der Waals surface area contributed by atoms with Crippen LogP contribution in [-0.4, -0.2) is 30.6 Å². The standard InChI is InChI=1S/C14H18BrNO2/c1-10(18)11-4-6-16(7-5-11)14-8-13(15)3-2-12(14)9-17/h2-3,8-11,18H,4-7H2,1H3. The summed E-state index contributed by atoms with van der Waals surface area (Å²) in [4.78, 5) is 13.3. The average Bonchev–Trinajstić information content (AvgIpc) is 2.39. The minimum absolute atomic E-state index is 0.236. The smallest absolute Gasteiger partial charge is 0.152 e. The lowest BCUT2D eigenvalue weighted by atomic mass is 9.91. The highest BCUT2D eigenvalue weighted by molar-refractivity contribution is 9.10. The molecule has 3 nitrogen and oxygen atoms in total. The lowest BCUT2D eigenvalue weighted by Crippen LogP contribution is -2.37. The molecule has 1 aromatic rings. The van der Waals surface area contributed by atoms with Crippen LogP contribution in [-0.2, 0) is 0 Å². The Bertz CT molecular complexity index is 426. The molecular weight excluding hydrogens is 294 g/mol. The van der Waals surface area contributed by atoms with Gasteiger partial charge in [-0.05, 0) is 43.9 Å². The van der Waals surface area contributed by atoms with Crippen LogP contribution < -0.4 is 4.90 Å². The van der Waals surface area contributed by atoms with Crippen molar-refractivity contribution in [1.82, 2.24) is 0 Å². The molecule has 0 aliphatic carbocycles. The Hall–Kier alpha value is -0.870. The molecule has 4 heteroatoms. The first kappa shape index (κ1) is 13.6. The van der Waals surface area contributed by atoms with E-state index < -0.39 is 0 Å². The maximum Gasteiger partial charge on any atom is 0.152 e. The zero-order valence-electron chi connectivity index (χ0n) is 10.5. The highest BCUT2D eigenvalue weighted by atomic mass is 79.9. The summed E-state index contributed by atoms with van der Waals surface area (Å²) in [6.07, 6.45) is 2.62. The number of aldehydes is 1. The van der Waals surface area contributed by atoms with Crippen LogP contribution in [0.4, 0.5) is 5.69 Å². The molecule has 1 aliphatic heterocycles. The summed E-state index contributed by atoms with van der Waals surface area (Å²) >= 11 is 3.44. The SMILES string of the molecule is CC(O)C1CCN(c2cc(Br)ccc2C=O)CC1. The third kappa shape index (κ3) is 2.93. The second-order valence-corrected chi connectivity index (χ2v) is 5.80. The fourth-order valence-corrected chi connectivity index (χ4v) is 2.86. The van der Waals surface area contributed by atoms with Crippen molar-refractivity contribution in [3.8, 4) is 0 Å². The molecule has 1 fully saturated rings. The molecule has 18 heavy (non-hydrogen) atoms. The van der Waals surface area contributed by atoms with Gasteiger partial charge in [-0.3, -0.25) is 4.79 Å².